The molecule has 0 saturated heterocycles. The molecule has 55 heavy (non-hydrogen) atoms. The molecule has 0 saturated carbocycles. The maximum absolute atomic E-state index is 12.7. The Morgan fingerprint density at radius 2 is 0.600 bits per heavy atom. The average Bonchev–Trinajstić information content (AvgIpc) is 3.17. The van der Waals surface area contributed by atoms with Gasteiger partial charge in [-0.25, -0.2) is 0 Å². The van der Waals surface area contributed by atoms with Crippen LogP contribution in [0.3, 0.4) is 0 Å². The van der Waals surface area contributed by atoms with Crippen LogP contribution in [0.5, 0.6) is 0 Å². The van der Waals surface area contributed by atoms with Crippen molar-refractivity contribution in [2.75, 3.05) is 13.2 Å². The quantitative estimate of drug-likeness (QED) is 0.0348. The van der Waals surface area contributed by atoms with Crippen molar-refractivity contribution in [2.24, 2.45) is 5.92 Å². The van der Waals surface area contributed by atoms with Gasteiger partial charge in [0.15, 0.2) is 6.10 Å². The van der Waals surface area contributed by atoms with Crippen molar-refractivity contribution < 1.29 is 28.6 Å². The molecule has 0 aromatic heterocycles. The van der Waals surface area contributed by atoms with E-state index in [2.05, 4.69) is 27.7 Å². The van der Waals surface area contributed by atoms with Gasteiger partial charge in [-0.15, -0.1) is 0 Å². The Balaban J connectivity index is 4.26. The average molecular weight is 779 g/mol. The summed E-state index contributed by atoms with van der Waals surface area (Å²) >= 11 is 0. The lowest BCUT2D eigenvalue weighted by molar-refractivity contribution is -0.167. The maximum atomic E-state index is 12.7. The van der Waals surface area contributed by atoms with Crippen LogP contribution in [0.1, 0.15) is 272 Å². The van der Waals surface area contributed by atoms with Crippen molar-refractivity contribution in [3.05, 3.63) is 0 Å². The van der Waals surface area contributed by atoms with Gasteiger partial charge >= 0.3 is 17.9 Å². The zero-order valence-corrected chi connectivity index (χ0v) is 37.4. The molecule has 0 aliphatic rings. The number of hydrogen-bond donors (Lipinski definition) is 0. The first-order valence-corrected chi connectivity index (χ1v) is 24.4. The summed E-state index contributed by atoms with van der Waals surface area (Å²) in [6.07, 6.45) is 43.7. The molecule has 0 N–H and O–H groups in total. The van der Waals surface area contributed by atoms with Crippen LogP contribution in [-0.2, 0) is 28.6 Å². The molecule has 0 aromatic rings. The molecule has 0 fully saturated rings. The summed E-state index contributed by atoms with van der Waals surface area (Å²) in [6.45, 7) is 8.98. The summed E-state index contributed by atoms with van der Waals surface area (Å²) in [5.74, 6) is -0.0332. The Bertz CT molecular complexity index is 826. The Hall–Kier alpha value is -1.59. The SMILES string of the molecule is CCCCCCCCCCCCCCCCCC(=O)OC[C@H](COC(=O)CCCCCCCCCCCCC(C)C)OC(=O)CCCCCCCCCCC. The Labute approximate surface area is 342 Å². The van der Waals surface area contributed by atoms with Gasteiger partial charge < -0.3 is 14.2 Å². The number of ether oxygens (including phenoxy) is 3. The van der Waals surface area contributed by atoms with Crippen molar-refractivity contribution in [3.63, 3.8) is 0 Å². The van der Waals surface area contributed by atoms with Crippen LogP contribution in [0.2, 0.25) is 0 Å². The molecule has 0 radical (unpaired) electrons. The number of unbranched alkanes of at least 4 members (excludes halogenated alkanes) is 31. The van der Waals surface area contributed by atoms with E-state index in [4.69, 9.17) is 14.2 Å². The third-order valence-electron chi connectivity index (χ3n) is 11.0. The van der Waals surface area contributed by atoms with E-state index in [0.717, 1.165) is 63.7 Å². The Morgan fingerprint density at radius 3 is 0.891 bits per heavy atom. The van der Waals surface area contributed by atoms with Crippen LogP contribution in [0, 0.1) is 5.92 Å². The highest BCUT2D eigenvalue weighted by atomic mass is 16.6. The number of carbonyl (C=O) groups excluding carboxylic acids is 3. The standard InChI is InChI=1S/C49H94O6/c1-5-7-9-11-13-15-16-17-18-19-20-25-28-32-36-40-47(50)53-43-46(55-49(52)42-38-34-30-23-14-12-10-8-6-2)44-54-48(51)41-37-33-29-26-22-21-24-27-31-35-39-45(3)4/h45-46H,5-44H2,1-4H3/t46-/m1/s1. The lowest BCUT2D eigenvalue weighted by Crippen LogP contribution is -2.30. The van der Waals surface area contributed by atoms with Gasteiger partial charge in [0.25, 0.3) is 0 Å². The van der Waals surface area contributed by atoms with Crippen molar-refractivity contribution in [1.82, 2.24) is 0 Å². The van der Waals surface area contributed by atoms with Crippen LogP contribution >= 0.6 is 0 Å². The van der Waals surface area contributed by atoms with Crippen LogP contribution < -0.4 is 0 Å². The fourth-order valence-corrected chi connectivity index (χ4v) is 7.33. The van der Waals surface area contributed by atoms with Crippen LogP contribution in [0.4, 0.5) is 0 Å². The van der Waals surface area contributed by atoms with E-state index in [-0.39, 0.29) is 31.1 Å². The molecule has 6 heteroatoms. The molecule has 6 nitrogen and oxygen atoms in total. The second-order valence-corrected chi connectivity index (χ2v) is 17.2. The maximum Gasteiger partial charge on any atom is 0.306 e. The molecular weight excluding hydrogens is 685 g/mol. The normalized spacial score (nSPS) is 11.9. The van der Waals surface area contributed by atoms with Crippen molar-refractivity contribution in [1.29, 1.82) is 0 Å². The van der Waals surface area contributed by atoms with E-state index in [1.807, 2.05) is 0 Å². The highest BCUT2D eigenvalue weighted by molar-refractivity contribution is 5.71. The summed E-state index contributed by atoms with van der Waals surface area (Å²) in [4.78, 5) is 37.8. The second-order valence-electron chi connectivity index (χ2n) is 17.2. The Kier molecular flexibility index (Phi) is 42.3. The van der Waals surface area contributed by atoms with Crippen LogP contribution in [-0.4, -0.2) is 37.2 Å². The highest BCUT2D eigenvalue weighted by Crippen LogP contribution is 2.16. The van der Waals surface area contributed by atoms with Crippen molar-refractivity contribution >= 4 is 17.9 Å². The summed E-state index contributed by atoms with van der Waals surface area (Å²) in [5, 5.41) is 0. The molecule has 0 bridgehead atoms. The predicted molar refractivity (Wildman–Crippen MR) is 233 cm³/mol. The van der Waals surface area contributed by atoms with Gasteiger partial charge in [-0.05, 0) is 25.2 Å². The van der Waals surface area contributed by atoms with Gasteiger partial charge in [0.1, 0.15) is 13.2 Å². The summed E-state index contributed by atoms with van der Waals surface area (Å²) in [6, 6.07) is 0. The minimum Gasteiger partial charge on any atom is -0.462 e. The molecular formula is C49H94O6. The van der Waals surface area contributed by atoms with Gasteiger partial charge in [-0.1, -0.05) is 233 Å². The molecule has 0 rings (SSSR count). The van der Waals surface area contributed by atoms with E-state index in [1.165, 1.54) is 167 Å². The zero-order chi connectivity index (χ0) is 40.3. The lowest BCUT2D eigenvalue weighted by Gasteiger charge is -2.18. The number of rotatable bonds is 44. The van der Waals surface area contributed by atoms with Crippen LogP contribution in [0.15, 0.2) is 0 Å². The number of hydrogen-bond acceptors (Lipinski definition) is 6. The first-order valence-electron chi connectivity index (χ1n) is 24.4. The molecule has 0 aromatic carbocycles. The molecule has 326 valence electrons. The minimum atomic E-state index is -0.759. The highest BCUT2D eigenvalue weighted by Gasteiger charge is 2.19. The second kappa shape index (κ2) is 43.5. The monoisotopic (exact) mass is 779 g/mol. The predicted octanol–water partition coefficient (Wildman–Crippen LogP) is 15.5. The molecule has 0 aliphatic carbocycles. The zero-order valence-electron chi connectivity index (χ0n) is 37.4. The van der Waals surface area contributed by atoms with E-state index >= 15 is 0 Å². The third kappa shape index (κ3) is 43.4. The first-order chi connectivity index (χ1) is 26.9. The van der Waals surface area contributed by atoms with E-state index in [0.29, 0.717) is 19.3 Å². The van der Waals surface area contributed by atoms with E-state index in [1.54, 1.807) is 0 Å². The van der Waals surface area contributed by atoms with Crippen molar-refractivity contribution in [3.8, 4) is 0 Å². The molecule has 0 aliphatic heterocycles. The molecule has 0 spiro atoms. The molecule has 0 unspecified atom stereocenters. The smallest absolute Gasteiger partial charge is 0.306 e. The largest absolute Gasteiger partial charge is 0.462 e. The molecule has 1 atom stereocenters. The fourth-order valence-electron chi connectivity index (χ4n) is 7.33. The van der Waals surface area contributed by atoms with E-state index < -0.39 is 6.10 Å². The van der Waals surface area contributed by atoms with Gasteiger partial charge in [0.05, 0.1) is 0 Å². The lowest BCUT2D eigenvalue weighted by atomic mass is 10.0. The number of carbonyl (C=O) groups is 3. The van der Waals surface area contributed by atoms with Crippen molar-refractivity contribution in [2.45, 2.75) is 278 Å². The Morgan fingerprint density at radius 1 is 0.345 bits per heavy atom. The summed E-state index contributed by atoms with van der Waals surface area (Å²) in [7, 11) is 0. The van der Waals surface area contributed by atoms with E-state index in [9.17, 15) is 14.4 Å². The van der Waals surface area contributed by atoms with Gasteiger partial charge in [-0.2, -0.15) is 0 Å². The summed E-state index contributed by atoms with van der Waals surface area (Å²) < 4.78 is 16.7. The topological polar surface area (TPSA) is 78.9 Å². The van der Waals surface area contributed by atoms with Gasteiger partial charge in [-0.3, -0.25) is 14.4 Å². The number of esters is 3. The van der Waals surface area contributed by atoms with Gasteiger partial charge in [0, 0.05) is 19.3 Å². The first kappa shape index (κ1) is 53.4. The fraction of sp³-hybridized carbons (Fsp3) is 0.939. The molecule has 0 amide bonds. The third-order valence-corrected chi connectivity index (χ3v) is 11.0. The van der Waals surface area contributed by atoms with Gasteiger partial charge in [0.2, 0.25) is 0 Å². The van der Waals surface area contributed by atoms with Crippen LogP contribution in [0.25, 0.3) is 0 Å². The summed E-state index contributed by atoms with van der Waals surface area (Å²) in [5.41, 5.74) is 0. The molecule has 0 heterocycles. The minimum absolute atomic E-state index is 0.0634.